The van der Waals surface area contributed by atoms with Crippen molar-refractivity contribution in [2.24, 2.45) is 10.8 Å². The summed E-state index contributed by atoms with van der Waals surface area (Å²) in [4.78, 5) is 18.7. The SMILES string of the molecule is Cc1ccc(-c2ccc(C(=C3C=C(C(C)(C)C)C(=O)C(C(C)(C)C)=C3)c3ccc(-c4ccc(C)cc4)s3)s2)cc1. The average Bonchev–Trinajstić information content (AvgIpc) is 3.55. The highest BCUT2D eigenvalue weighted by Gasteiger charge is 2.35. The summed E-state index contributed by atoms with van der Waals surface area (Å²) in [6.45, 7) is 17.1. The molecule has 0 radical (unpaired) electrons. The summed E-state index contributed by atoms with van der Waals surface area (Å²) in [7, 11) is 0. The van der Waals surface area contributed by atoms with Gasteiger partial charge in [-0.15, -0.1) is 22.7 Å². The van der Waals surface area contributed by atoms with Crippen LogP contribution < -0.4 is 0 Å². The van der Waals surface area contributed by atoms with Crippen molar-refractivity contribution in [2.45, 2.75) is 55.4 Å². The van der Waals surface area contributed by atoms with Crippen LogP contribution in [0.4, 0.5) is 0 Å². The number of carbonyl (C=O) groups is 1. The van der Waals surface area contributed by atoms with Crippen LogP contribution in [-0.2, 0) is 4.79 Å². The van der Waals surface area contributed by atoms with E-state index in [1.807, 2.05) is 22.7 Å². The predicted octanol–water partition coefficient (Wildman–Crippen LogP) is 11.1. The molecule has 0 saturated heterocycles. The van der Waals surface area contributed by atoms with Crippen LogP contribution in [0.5, 0.6) is 0 Å². The van der Waals surface area contributed by atoms with Gasteiger partial charge < -0.3 is 0 Å². The van der Waals surface area contributed by atoms with E-state index in [-0.39, 0.29) is 16.6 Å². The maximum absolute atomic E-state index is 13.7. The van der Waals surface area contributed by atoms with Crippen LogP contribution in [0.15, 0.2) is 102 Å². The minimum absolute atomic E-state index is 0.168. The minimum Gasteiger partial charge on any atom is -0.289 e. The molecule has 4 aromatic rings. The maximum Gasteiger partial charge on any atom is 0.186 e. The Labute approximate surface area is 247 Å². The second-order valence-corrected chi connectivity index (χ2v) is 15.0. The highest BCUT2D eigenvalue weighted by Crippen LogP contribution is 2.45. The number of ketones is 1. The van der Waals surface area contributed by atoms with Crippen LogP contribution in [0, 0.1) is 24.7 Å². The quantitative estimate of drug-likeness (QED) is 0.242. The van der Waals surface area contributed by atoms with Crippen molar-refractivity contribution < 1.29 is 4.79 Å². The standard InChI is InChI=1S/C37H38OS2/c1-23-9-13-25(14-10-23)30-17-19-32(39-30)34(33-20-18-31(40-33)26-15-11-24(2)12-16-26)27-21-28(36(3,4)5)35(38)29(22-27)37(6,7)8/h9-22H,1-8H3. The monoisotopic (exact) mass is 562 g/mol. The lowest BCUT2D eigenvalue weighted by Gasteiger charge is -2.32. The molecule has 0 N–H and O–H groups in total. The molecule has 0 fully saturated rings. The van der Waals surface area contributed by atoms with Crippen LogP contribution in [0.2, 0.25) is 0 Å². The number of hydrogen-bond acceptors (Lipinski definition) is 3. The summed E-state index contributed by atoms with van der Waals surface area (Å²) in [5.41, 5.74) is 8.52. The molecule has 2 aromatic carbocycles. The summed E-state index contributed by atoms with van der Waals surface area (Å²) in [6.07, 6.45) is 4.31. The van der Waals surface area contributed by atoms with Gasteiger partial charge in [0.1, 0.15) is 0 Å². The smallest absolute Gasteiger partial charge is 0.186 e. The summed E-state index contributed by atoms with van der Waals surface area (Å²) < 4.78 is 0. The molecule has 0 unspecified atom stereocenters. The largest absolute Gasteiger partial charge is 0.289 e. The lowest BCUT2D eigenvalue weighted by Crippen LogP contribution is -2.28. The van der Waals surface area contributed by atoms with E-state index in [2.05, 4.69) is 140 Å². The Morgan fingerprint density at radius 3 is 1.27 bits per heavy atom. The fourth-order valence-corrected chi connectivity index (χ4v) is 7.23. The van der Waals surface area contributed by atoms with Crippen molar-refractivity contribution in [1.82, 2.24) is 0 Å². The van der Waals surface area contributed by atoms with Crippen LogP contribution in [0.1, 0.15) is 62.4 Å². The van der Waals surface area contributed by atoms with Gasteiger partial charge in [0.2, 0.25) is 0 Å². The average molecular weight is 563 g/mol. The van der Waals surface area contributed by atoms with Gasteiger partial charge in [-0.3, -0.25) is 4.79 Å². The molecule has 5 rings (SSSR count). The zero-order chi connectivity index (χ0) is 28.8. The van der Waals surface area contributed by atoms with Crippen molar-refractivity contribution >= 4 is 34.0 Å². The third-order valence-corrected chi connectivity index (χ3v) is 9.67. The van der Waals surface area contributed by atoms with E-state index in [1.54, 1.807) is 0 Å². The zero-order valence-electron chi connectivity index (χ0n) is 24.8. The number of thiophene rings is 2. The van der Waals surface area contributed by atoms with E-state index < -0.39 is 0 Å². The van der Waals surface area contributed by atoms with Gasteiger partial charge in [-0.2, -0.15) is 0 Å². The van der Waals surface area contributed by atoms with Crippen molar-refractivity contribution in [3.05, 3.63) is 123 Å². The Morgan fingerprint density at radius 2 is 0.925 bits per heavy atom. The fourth-order valence-electron chi connectivity index (χ4n) is 4.98. The van der Waals surface area contributed by atoms with Crippen LogP contribution in [0.3, 0.4) is 0 Å². The van der Waals surface area contributed by atoms with E-state index in [1.165, 1.54) is 47.3 Å². The molecule has 2 aromatic heterocycles. The molecule has 0 saturated carbocycles. The van der Waals surface area contributed by atoms with Gasteiger partial charge in [-0.1, -0.05) is 101 Å². The summed E-state index contributed by atoms with van der Waals surface area (Å²) >= 11 is 3.64. The van der Waals surface area contributed by atoms with E-state index in [4.69, 9.17) is 0 Å². The van der Waals surface area contributed by atoms with Gasteiger partial charge in [-0.25, -0.2) is 0 Å². The van der Waals surface area contributed by atoms with E-state index >= 15 is 0 Å². The lowest BCUT2D eigenvalue weighted by atomic mass is 9.71. The molecule has 1 aliphatic carbocycles. The second kappa shape index (κ2) is 10.6. The summed E-state index contributed by atoms with van der Waals surface area (Å²) in [5.74, 6) is 0.168. The Balaban J connectivity index is 1.75. The van der Waals surface area contributed by atoms with Crippen molar-refractivity contribution in [3.8, 4) is 20.9 Å². The van der Waals surface area contributed by atoms with Gasteiger partial charge in [-0.05, 0) is 77.8 Å². The molecule has 0 atom stereocenters. The number of allylic oxidation sites excluding steroid dienone is 5. The molecule has 1 aliphatic rings. The minimum atomic E-state index is -0.261. The van der Waals surface area contributed by atoms with Crippen LogP contribution in [-0.4, -0.2) is 5.78 Å². The normalized spacial score (nSPS) is 14.3. The summed E-state index contributed by atoms with van der Waals surface area (Å²) in [6, 6.07) is 26.5. The number of aryl methyl sites for hydroxylation is 2. The van der Waals surface area contributed by atoms with Crippen molar-refractivity contribution in [1.29, 1.82) is 0 Å². The molecular formula is C37H38OS2. The van der Waals surface area contributed by atoms with Gasteiger partial charge in [0.25, 0.3) is 0 Å². The van der Waals surface area contributed by atoms with Crippen LogP contribution in [0.25, 0.3) is 26.5 Å². The fraction of sp³-hybridized carbons (Fsp3) is 0.270. The Bertz CT molecular complexity index is 1530. The number of rotatable bonds is 4. The van der Waals surface area contributed by atoms with Gasteiger partial charge >= 0.3 is 0 Å². The molecule has 3 heteroatoms. The third-order valence-electron chi connectivity index (χ3n) is 7.37. The Hall–Kier alpha value is -3.27. The van der Waals surface area contributed by atoms with Gasteiger partial charge in [0.15, 0.2) is 5.78 Å². The van der Waals surface area contributed by atoms with E-state index in [9.17, 15) is 4.79 Å². The topological polar surface area (TPSA) is 17.1 Å². The number of benzene rings is 2. The second-order valence-electron chi connectivity index (χ2n) is 12.8. The molecule has 40 heavy (non-hydrogen) atoms. The molecule has 0 spiro atoms. The van der Waals surface area contributed by atoms with E-state index in [0.717, 1.165) is 16.7 Å². The Morgan fingerprint density at radius 1 is 0.550 bits per heavy atom. The molecular weight excluding hydrogens is 525 g/mol. The number of carbonyl (C=O) groups excluding carboxylic acids is 1. The molecule has 204 valence electrons. The molecule has 2 heterocycles. The first-order valence-electron chi connectivity index (χ1n) is 13.9. The van der Waals surface area contributed by atoms with Crippen molar-refractivity contribution in [3.63, 3.8) is 0 Å². The maximum atomic E-state index is 13.7. The Kier molecular flexibility index (Phi) is 7.50. The van der Waals surface area contributed by atoms with Gasteiger partial charge in [0, 0.05) is 36.2 Å². The predicted molar refractivity (Wildman–Crippen MR) is 175 cm³/mol. The highest BCUT2D eigenvalue weighted by atomic mass is 32.1. The molecule has 1 nitrogen and oxygen atoms in total. The third kappa shape index (κ3) is 5.77. The molecule has 0 aliphatic heterocycles. The first-order valence-corrected chi connectivity index (χ1v) is 15.5. The lowest BCUT2D eigenvalue weighted by molar-refractivity contribution is -0.114. The zero-order valence-corrected chi connectivity index (χ0v) is 26.4. The molecule has 0 amide bonds. The van der Waals surface area contributed by atoms with Crippen LogP contribution >= 0.6 is 22.7 Å². The first-order chi connectivity index (χ1) is 18.8. The number of Topliss-reactive ketones (excluding diaryl/α,β-unsaturated/α-hetero) is 1. The first kappa shape index (κ1) is 28.3. The highest BCUT2D eigenvalue weighted by molar-refractivity contribution is 7.19. The summed E-state index contributed by atoms with van der Waals surface area (Å²) in [5, 5.41) is 0. The van der Waals surface area contributed by atoms with E-state index in [0.29, 0.717) is 0 Å². The van der Waals surface area contributed by atoms with Crippen molar-refractivity contribution in [2.75, 3.05) is 0 Å². The molecule has 0 bridgehead atoms. The number of hydrogen-bond donors (Lipinski definition) is 0. The van der Waals surface area contributed by atoms with Gasteiger partial charge in [0.05, 0.1) is 0 Å².